The van der Waals surface area contributed by atoms with E-state index >= 15 is 0 Å². The Morgan fingerprint density at radius 1 is 1.42 bits per heavy atom. The number of carbonyl (C=O) groups excluding carboxylic acids is 1. The van der Waals surface area contributed by atoms with E-state index in [-0.39, 0.29) is 5.78 Å². The second-order valence-electron chi connectivity index (χ2n) is 4.07. The number of benzene rings is 1. The molecule has 2 aromatic rings. The van der Waals surface area contributed by atoms with Gasteiger partial charge in [-0.1, -0.05) is 20.4 Å². The highest BCUT2D eigenvalue weighted by atomic mass is 79.9. The van der Waals surface area contributed by atoms with E-state index in [0.29, 0.717) is 35.6 Å². The molecule has 0 fully saturated rings. The van der Waals surface area contributed by atoms with Crippen molar-refractivity contribution in [2.24, 2.45) is 0 Å². The van der Waals surface area contributed by atoms with Gasteiger partial charge in [-0.3, -0.25) is 4.79 Å². The van der Waals surface area contributed by atoms with E-state index < -0.39 is 0 Å². The number of carbonyl (C=O) groups is 1. The topological polar surface area (TPSA) is 52.1 Å². The molecule has 0 N–H and O–H groups in total. The molecule has 1 aromatic heterocycles. The van der Waals surface area contributed by atoms with Crippen LogP contribution in [0, 0.1) is 0 Å². The molecule has 0 aliphatic carbocycles. The zero-order valence-electron chi connectivity index (χ0n) is 9.80. The summed E-state index contributed by atoms with van der Waals surface area (Å²) in [5, 5.41) is 5.75. The fourth-order valence-corrected chi connectivity index (χ4v) is 2.66. The van der Waals surface area contributed by atoms with Crippen LogP contribution in [-0.2, 0) is 0 Å². The van der Waals surface area contributed by atoms with Gasteiger partial charge in [-0.15, -0.1) is 5.10 Å². The summed E-state index contributed by atoms with van der Waals surface area (Å²) >= 11 is 4.64. The molecule has 1 aliphatic heterocycles. The minimum absolute atomic E-state index is 0.00648. The van der Waals surface area contributed by atoms with Gasteiger partial charge in [0.2, 0.25) is 0 Å². The lowest BCUT2D eigenvalue weighted by Crippen LogP contribution is -2.02. The van der Waals surface area contributed by atoms with Crippen molar-refractivity contribution < 1.29 is 9.53 Å². The minimum atomic E-state index is -0.00648. The molecule has 0 radical (unpaired) electrons. The molecule has 2 heterocycles. The number of hydrogen-bond acceptors (Lipinski definition) is 5. The van der Waals surface area contributed by atoms with Crippen molar-refractivity contribution in [3.05, 3.63) is 44.9 Å². The quantitative estimate of drug-likeness (QED) is 0.749. The van der Waals surface area contributed by atoms with Crippen molar-refractivity contribution >= 4 is 39.3 Å². The smallest absolute Gasteiger partial charge is 0.192 e. The maximum absolute atomic E-state index is 12.5. The number of ketones is 1. The van der Waals surface area contributed by atoms with Gasteiger partial charge in [-0.05, 0) is 35.8 Å². The molecule has 3 rings (SSSR count). The Bertz CT molecular complexity index is 653. The Morgan fingerprint density at radius 3 is 3.11 bits per heavy atom. The van der Waals surface area contributed by atoms with E-state index in [9.17, 15) is 4.79 Å². The second kappa shape index (κ2) is 5.22. The summed E-state index contributed by atoms with van der Waals surface area (Å²) in [5.41, 5.74) is 2.01. The summed E-state index contributed by atoms with van der Waals surface area (Å²) in [4.78, 5) is 12.5. The number of halogens is 1. The molecule has 0 atom stereocenters. The molecule has 96 valence electrons. The lowest BCUT2D eigenvalue weighted by Gasteiger charge is -2.05. The van der Waals surface area contributed by atoms with Crippen LogP contribution < -0.4 is 4.74 Å². The monoisotopic (exact) mass is 336 g/mol. The van der Waals surface area contributed by atoms with E-state index in [4.69, 9.17) is 4.74 Å². The van der Waals surface area contributed by atoms with Gasteiger partial charge < -0.3 is 4.74 Å². The molecule has 4 nitrogen and oxygen atoms in total. The van der Waals surface area contributed by atoms with Crippen molar-refractivity contribution in [2.75, 3.05) is 6.61 Å². The first-order chi connectivity index (χ1) is 9.24. The number of ether oxygens (including phenoxy) is 1. The largest absolute Gasteiger partial charge is 0.492 e. The molecule has 0 bridgehead atoms. The van der Waals surface area contributed by atoms with Gasteiger partial charge in [0.25, 0.3) is 0 Å². The van der Waals surface area contributed by atoms with Gasteiger partial charge >= 0.3 is 0 Å². The Morgan fingerprint density at radius 2 is 2.32 bits per heavy atom. The molecule has 1 aromatic carbocycles. The van der Waals surface area contributed by atoms with Crippen LogP contribution in [-0.4, -0.2) is 22.0 Å². The van der Waals surface area contributed by atoms with Gasteiger partial charge in [-0.2, -0.15) is 0 Å². The Hall–Kier alpha value is -1.53. The lowest BCUT2D eigenvalue weighted by molar-refractivity contribution is 0.103. The molecule has 0 saturated carbocycles. The SMILES string of the molecule is O=C1/C(=C\c2csnn2)CCOc2cc(Br)ccc21. The number of Topliss-reactive ketones (excluding diaryl/α,β-unsaturated/α-hetero) is 1. The number of fused-ring (bicyclic) bond motifs is 1. The molecule has 0 unspecified atom stereocenters. The van der Waals surface area contributed by atoms with Crippen LogP contribution in [0.25, 0.3) is 6.08 Å². The molecule has 0 saturated heterocycles. The Labute approximate surface area is 122 Å². The van der Waals surface area contributed by atoms with Crippen LogP contribution >= 0.6 is 27.5 Å². The van der Waals surface area contributed by atoms with Crippen molar-refractivity contribution in [1.29, 1.82) is 0 Å². The molecule has 0 amide bonds. The summed E-state index contributed by atoms with van der Waals surface area (Å²) < 4.78 is 10.3. The highest BCUT2D eigenvalue weighted by Gasteiger charge is 2.21. The normalized spacial score (nSPS) is 16.9. The highest BCUT2D eigenvalue weighted by molar-refractivity contribution is 9.10. The summed E-state index contributed by atoms with van der Waals surface area (Å²) in [6, 6.07) is 5.44. The third-order valence-electron chi connectivity index (χ3n) is 2.81. The second-order valence-corrected chi connectivity index (χ2v) is 5.59. The fraction of sp³-hybridized carbons (Fsp3) is 0.154. The van der Waals surface area contributed by atoms with E-state index in [1.165, 1.54) is 11.5 Å². The van der Waals surface area contributed by atoms with Gasteiger partial charge in [0.1, 0.15) is 5.75 Å². The van der Waals surface area contributed by atoms with Crippen LogP contribution in [0.1, 0.15) is 22.5 Å². The van der Waals surface area contributed by atoms with E-state index in [1.54, 1.807) is 12.1 Å². The molecular weight excluding hydrogens is 328 g/mol. The average Bonchev–Trinajstić information content (AvgIpc) is 2.85. The van der Waals surface area contributed by atoms with Crippen molar-refractivity contribution in [2.45, 2.75) is 6.42 Å². The Balaban J connectivity index is 2.02. The first-order valence-corrected chi connectivity index (χ1v) is 7.31. The fourth-order valence-electron chi connectivity index (χ4n) is 1.91. The maximum Gasteiger partial charge on any atom is 0.192 e. The van der Waals surface area contributed by atoms with Gasteiger partial charge in [0.05, 0.1) is 17.9 Å². The predicted octanol–water partition coefficient (Wildman–Crippen LogP) is 3.35. The first kappa shape index (κ1) is 12.5. The summed E-state index contributed by atoms with van der Waals surface area (Å²) in [5.74, 6) is 0.618. The summed E-state index contributed by atoms with van der Waals surface area (Å²) in [6.07, 6.45) is 2.36. The van der Waals surface area contributed by atoms with E-state index in [0.717, 1.165) is 4.47 Å². The molecular formula is C13H9BrN2O2S. The molecule has 6 heteroatoms. The van der Waals surface area contributed by atoms with Crippen molar-refractivity contribution in [1.82, 2.24) is 9.59 Å². The van der Waals surface area contributed by atoms with Gasteiger partial charge in [0.15, 0.2) is 5.78 Å². The van der Waals surface area contributed by atoms with Gasteiger partial charge in [0, 0.05) is 21.8 Å². The number of rotatable bonds is 1. The van der Waals surface area contributed by atoms with Crippen molar-refractivity contribution in [3.8, 4) is 5.75 Å². The maximum atomic E-state index is 12.5. The standard InChI is InChI=1S/C13H9BrN2O2S/c14-9-1-2-11-12(6-9)18-4-3-8(13(11)17)5-10-7-19-16-15-10/h1-2,5-7H,3-4H2/b8-5-. The third-order valence-corrected chi connectivity index (χ3v) is 3.82. The third kappa shape index (κ3) is 2.59. The van der Waals surface area contributed by atoms with Gasteiger partial charge in [-0.25, -0.2) is 0 Å². The van der Waals surface area contributed by atoms with E-state index in [2.05, 4.69) is 25.5 Å². The predicted molar refractivity (Wildman–Crippen MR) is 76.5 cm³/mol. The summed E-state index contributed by atoms with van der Waals surface area (Å²) in [6.45, 7) is 0.485. The first-order valence-electron chi connectivity index (χ1n) is 5.69. The van der Waals surface area contributed by atoms with E-state index in [1.807, 2.05) is 17.5 Å². The molecule has 0 spiro atoms. The zero-order valence-corrected chi connectivity index (χ0v) is 12.2. The number of aromatic nitrogens is 2. The lowest BCUT2D eigenvalue weighted by atomic mass is 10.0. The Kier molecular flexibility index (Phi) is 3.44. The zero-order chi connectivity index (χ0) is 13.2. The number of hydrogen-bond donors (Lipinski definition) is 0. The minimum Gasteiger partial charge on any atom is -0.492 e. The van der Waals surface area contributed by atoms with Crippen LogP contribution in [0.15, 0.2) is 33.6 Å². The summed E-state index contributed by atoms with van der Waals surface area (Å²) in [7, 11) is 0. The van der Waals surface area contributed by atoms with Crippen LogP contribution in [0.2, 0.25) is 0 Å². The highest BCUT2D eigenvalue weighted by Crippen LogP contribution is 2.30. The molecule has 1 aliphatic rings. The van der Waals surface area contributed by atoms with Crippen LogP contribution in [0.5, 0.6) is 5.75 Å². The van der Waals surface area contributed by atoms with Crippen molar-refractivity contribution in [3.63, 3.8) is 0 Å². The van der Waals surface area contributed by atoms with Crippen LogP contribution in [0.3, 0.4) is 0 Å². The average molecular weight is 337 g/mol. The number of nitrogens with zero attached hydrogens (tertiary/aromatic N) is 2. The molecule has 19 heavy (non-hydrogen) atoms. The van der Waals surface area contributed by atoms with Crippen LogP contribution in [0.4, 0.5) is 0 Å².